The van der Waals surface area contributed by atoms with E-state index >= 15 is 0 Å². The van der Waals surface area contributed by atoms with E-state index in [0.29, 0.717) is 23.2 Å². The fourth-order valence-electron chi connectivity index (χ4n) is 1.98. The molecule has 0 saturated carbocycles. The van der Waals surface area contributed by atoms with Gasteiger partial charge in [-0.3, -0.25) is 4.79 Å². The van der Waals surface area contributed by atoms with E-state index in [1.54, 1.807) is 29.2 Å². The van der Waals surface area contributed by atoms with Crippen molar-refractivity contribution < 1.29 is 9.59 Å². The number of hydrogen-bond acceptors (Lipinski definition) is 2. The van der Waals surface area contributed by atoms with Crippen LogP contribution in [0.3, 0.4) is 0 Å². The Morgan fingerprint density at radius 3 is 2.39 bits per heavy atom. The van der Waals surface area contributed by atoms with Gasteiger partial charge in [-0.2, -0.15) is 0 Å². The lowest BCUT2D eigenvalue weighted by molar-refractivity contribution is -0.116. The molecule has 0 aliphatic carbocycles. The van der Waals surface area contributed by atoms with E-state index in [9.17, 15) is 9.59 Å². The molecule has 0 aromatic heterocycles. The van der Waals surface area contributed by atoms with Crippen molar-refractivity contribution in [2.45, 2.75) is 13.8 Å². The third kappa shape index (κ3) is 2.48. The molecule has 1 aromatic rings. The minimum absolute atomic E-state index is 0.152. The highest BCUT2D eigenvalue weighted by atomic mass is 35.5. The zero-order chi connectivity index (χ0) is 13.3. The third-order valence-corrected chi connectivity index (χ3v) is 2.96. The predicted molar refractivity (Wildman–Crippen MR) is 70.7 cm³/mol. The molecule has 0 radical (unpaired) electrons. The van der Waals surface area contributed by atoms with E-state index in [0.717, 1.165) is 0 Å². The van der Waals surface area contributed by atoms with Gasteiger partial charge in [0.15, 0.2) is 0 Å². The highest BCUT2D eigenvalue weighted by Gasteiger charge is 2.36. The van der Waals surface area contributed by atoms with Crippen molar-refractivity contribution in [1.29, 1.82) is 0 Å². The molecule has 0 atom stereocenters. The topological polar surface area (TPSA) is 40.6 Å². The van der Waals surface area contributed by atoms with Crippen LogP contribution in [-0.2, 0) is 4.79 Å². The van der Waals surface area contributed by atoms with Crippen molar-refractivity contribution in [2.75, 3.05) is 18.0 Å². The van der Waals surface area contributed by atoms with Crippen molar-refractivity contribution in [3.8, 4) is 0 Å². The number of carbonyl (C=O) groups excluding carboxylic acids is 2. The molecule has 0 bridgehead atoms. The molecule has 1 saturated heterocycles. The summed E-state index contributed by atoms with van der Waals surface area (Å²) in [5, 5.41) is 0.580. The second kappa shape index (κ2) is 4.98. The largest absolute Gasteiger partial charge is 0.331 e. The van der Waals surface area contributed by atoms with Gasteiger partial charge in [-0.05, 0) is 30.2 Å². The first-order valence-corrected chi connectivity index (χ1v) is 6.24. The summed E-state index contributed by atoms with van der Waals surface area (Å²) in [7, 11) is 0. The van der Waals surface area contributed by atoms with Gasteiger partial charge in [0.25, 0.3) is 5.91 Å². The molecule has 4 nitrogen and oxygen atoms in total. The number of hydrogen-bond donors (Lipinski definition) is 0. The predicted octanol–water partition coefficient (Wildman–Crippen LogP) is 2.76. The van der Waals surface area contributed by atoms with Crippen molar-refractivity contribution in [3.63, 3.8) is 0 Å². The summed E-state index contributed by atoms with van der Waals surface area (Å²) in [6.45, 7) is 4.78. The number of urea groups is 1. The Labute approximate surface area is 111 Å². The Bertz CT molecular complexity index is 470. The number of carbonyl (C=O) groups is 2. The molecule has 2 rings (SSSR count). The zero-order valence-electron chi connectivity index (χ0n) is 10.4. The maximum Gasteiger partial charge on any atom is 0.331 e. The van der Waals surface area contributed by atoms with Crippen LogP contribution in [0, 0.1) is 5.92 Å². The Morgan fingerprint density at radius 1 is 1.22 bits per heavy atom. The van der Waals surface area contributed by atoms with Crippen LogP contribution in [0.2, 0.25) is 5.02 Å². The van der Waals surface area contributed by atoms with E-state index in [-0.39, 0.29) is 18.5 Å². The lowest BCUT2D eigenvalue weighted by atomic mass is 10.2. The molecule has 0 unspecified atom stereocenters. The van der Waals surface area contributed by atoms with Crippen LogP contribution < -0.4 is 4.90 Å². The smallest absolute Gasteiger partial charge is 0.314 e. The molecule has 5 heteroatoms. The van der Waals surface area contributed by atoms with Crippen LogP contribution in [0.15, 0.2) is 24.3 Å². The summed E-state index contributed by atoms with van der Waals surface area (Å²) < 4.78 is 0. The number of halogens is 1. The van der Waals surface area contributed by atoms with Gasteiger partial charge in [-0.1, -0.05) is 25.4 Å². The SMILES string of the molecule is CC(C)CN1CC(=O)N(c2ccc(Cl)cc2)C1=O. The second-order valence-corrected chi connectivity index (χ2v) is 5.20. The van der Waals surface area contributed by atoms with Gasteiger partial charge < -0.3 is 4.90 Å². The van der Waals surface area contributed by atoms with Crippen LogP contribution in [0.1, 0.15) is 13.8 Å². The van der Waals surface area contributed by atoms with E-state index in [1.165, 1.54) is 4.90 Å². The van der Waals surface area contributed by atoms with Crippen molar-refractivity contribution in [1.82, 2.24) is 4.90 Å². The molecule has 0 spiro atoms. The van der Waals surface area contributed by atoms with E-state index in [2.05, 4.69) is 0 Å². The van der Waals surface area contributed by atoms with Gasteiger partial charge in [0.2, 0.25) is 0 Å². The van der Waals surface area contributed by atoms with Gasteiger partial charge in [0.05, 0.1) is 5.69 Å². The fourth-order valence-corrected chi connectivity index (χ4v) is 2.10. The highest BCUT2D eigenvalue weighted by molar-refractivity contribution is 6.30. The van der Waals surface area contributed by atoms with E-state index < -0.39 is 0 Å². The minimum Gasteiger partial charge on any atom is -0.314 e. The van der Waals surface area contributed by atoms with Crippen LogP contribution >= 0.6 is 11.6 Å². The lowest BCUT2D eigenvalue weighted by Crippen LogP contribution is -2.34. The van der Waals surface area contributed by atoms with Crippen molar-refractivity contribution >= 4 is 29.2 Å². The molecule has 96 valence electrons. The standard InChI is InChI=1S/C13H15ClN2O2/c1-9(2)7-15-8-12(17)16(13(15)18)11-5-3-10(14)4-6-11/h3-6,9H,7-8H2,1-2H3. The van der Waals surface area contributed by atoms with Gasteiger partial charge in [0, 0.05) is 11.6 Å². The van der Waals surface area contributed by atoms with Gasteiger partial charge in [0.1, 0.15) is 6.54 Å². The monoisotopic (exact) mass is 266 g/mol. The first-order chi connectivity index (χ1) is 8.49. The lowest BCUT2D eigenvalue weighted by Gasteiger charge is -2.18. The Kier molecular flexibility index (Phi) is 3.57. The van der Waals surface area contributed by atoms with Gasteiger partial charge in [-0.15, -0.1) is 0 Å². The summed E-state index contributed by atoms with van der Waals surface area (Å²) in [6, 6.07) is 6.44. The summed E-state index contributed by atoms with van der Waals surface area (Å²) in [5.41, 5.74) is 0.570. The summed E-state index contributed by atoms with van der Waals surface area (Å²) in [4.78, 5) is 26.8. The summed E-state index contributed by atoms with van der Waals surface area (Å²) in [6.07, 6.45) is 0. The Hall–Kier alpha value is -1.55. The van der Waals surface area contributed by atoms with Crippen LogP contribution in [0.5, 0.6) is 0 Å². The minimum atomic E-state index is -0.254. The van der Waals surface area contributed by atoms with Crippen molar-refractivity contribution in [3.05, 3.63) is 29.3 Å². The molecule has 0 N–H and O–H groups in total. The zero-order valence-corrected chi connectivity index (χ0v) is 11.1. The third-order valence-electron chi connectivity index (χ3n) is 2.71. The second-order valence-electron chi connectivity index (χ2n) is 4.76. The first kappa shape index (κ1) is 12.9. The maximum absolute atomic E-state index is 12.1. The molecule has 3 amide bonds. The van der Waals surface area contributed by atoms with Gasteiger partial charge in [-0.25, -0.2) is 9.69 Å². The molecule has 18 heavy (non-hydrogen) atoms. The Balaban J connectivity index is 2.21. The van der Waals surface area contributed by atoms with Crippen molar-refractivity contribution in [2.24, 2.45) is 5.92 Å². The van der Waals surface area contributed by atoms with Crippen LogP contribution in [0.4, 0.5) is 10.5 Å². The molecular weight excluding hydrogens is 252 g/mol. The normalized spacial score (nSPS) is 16.0. The quantitative estimate of drug-likeness (QED) is 0.790. The van der Waals surface area contributed by atoms with Crippen LogP contribution in [0.25, 0.3) is 0 Å². The fraction of sp³-hybridized carbons (Fsp3) is 0.385. The molecule has 1 aliphatic rings. The number of benzene rings is 1. The average molecular weight is 267 g/mol. The number of amides is 3. The molecule has 1 heterocycles. The van der Waals surface area contributed by atoms with E-state index in [4.69, 9.17) is 11.6 Å². The van der Waals surface area contributed by atoms with Crippen LogP contribution in [-0.4, -0.2) is 29.9 Å². The number of nitrogens with zero attached hydrogens (tertiary/aromatic N) is 2. The summed E-state index contributed by atoms with van der Waals surface area (Å²) in [5.74, 6) is 0.148. The average Bonchev–Trinajstić information content (AvgIpc) is 2.55. The molecule has 1 fully saturated rings. The number of rotatable bonds is 3. The molecular formula is C13H15ClN2O2. The van der Waals surface area contributed by atoms with Gasteiger partial charge >= 0.3 is 6.03 Å². The molecule has 1 aromatic carbocycles. The maximum atomic E-state index is 12.1. The van der Waals surface area contributed by atoms with E-state index in [1.807, 2.05) is 13.8 Å². The highest BCUT2D eigenvalue weighted by Crippen LogP contribution is 2.23. The molecule has 1 aliphatic heterocycles. The Morgan fingerprint density at radius 2 is 1.83 bits per heavy atom. The number of imide groups is 1. The number of anilines is 1. The summed E-state index contributed by atoms with van der Waals surface area (Å²) >= 11 is 5.79. The first-order valence-electron chi connectivity index (χ1n) is 5.86.